The minimum absolute atomic E-state index is 0.00838. The predicted octanol–water partition coefficient (Wildman–Crippen LogP) is 1.50. The van der Waals surface area contributed by atoms with E-state index in [9.17, 15) is 4.79 Å². The highest BCUT2D eigenvalue weighted by Gasteiger charge is 2.05. The van der Waals surface area contributed by atoms with E-state index in [0.717, 1.165) is 22.5 Å². The highest BCUT2D eigenvalue weighted by molar-refractivity contribution is 5.77. The third kappa shape index (κ3) is 4.39. The molecule has 0 atom stereocenters. The number of fused-ring (bicyclic) bond motifs is 1. The fourth-order valence-electron chi connectivity index (χ4n) is 1.93. The third-order valence-electron chi connectivity index (χ3n) is 3.02. The Morgan fingerprint density at radius 1 is 1.19 bits per heavy atom. The third-order valence-corrected chi connectivity index (χ3v) is 3.02. The molecule has 6 nitrogen and oxygen atoms in total. The zero-order chi connectivity index (χ0) is 15.1. The van der Waals surface area contributed by atoms with E-state index in [1.54, 1.807) is 7.11 Å². The standard InChI is InChI=1S/C15H20N4O2/c1-11-15(17-8-7-14(20)16-9-10-21-2)19-13-6-4-3-5-12(13)18-11/h3-6H,7-10H2,1-2H3,(H,16,20)(H,17,19). The number of benzene rings is 1. The average molecular weight is 288 g/mol. The molecule has 1 aromatic carbocycles. The van der Waals surface area contributed by atoms with Gasteiger partial charge in [-0.15, -0.1) is 0 Å². The van der Waals surface area contributed by atoms with Crippen molar-refractivity contribution in [2.75, 3.05) is 32.1 Å². The van der Waals surface area contributed by atoms with Gasteiger partial charge in [0.1, 0.15) is 5.82 Å². The number of carbonyl (C=O) groups is 1. The van der Waals surface area contributed by atoms with Gasteiger partial charge in [-0.25, -0.2) is 9.97 Å². The normalized spacial score (nSPS) is 10.6. The highest BCUT2D eigenvalue weighted by atomic mass is 16.5. The molecule has 0 spiro atoms. The molecular formula is C15H20N4O2. The van der Waals surface area contributed by atoms with Crippen molar-refractivity contribution >= 4 is 22.8 Å². The summed E-state index contributed by atoms with van der Waals surface area (Å²) in [5.74, 6) is 0.712. The number of hydrogen-bond acceptors (Lipinski definition) is 5. The van der Waals surface area contributed by atoms with Gasteiger partial charge in [-0.05, 0) is 19.1 Å². The lowest BCUT2D eigenvalue weighted by molar-refractivity contribution is -0.121. The number of carbonyl (C=O) groups excluding carboxylic acids is 1. The molecule has 0 radical (unpaired) electrons. The van der Waals surface area contributed by atoms with Crippen molar-refractivity contribution in [2.45, 2.75) is 13.3 Å². The summed E-state index contributed by atoms with van der Waals surface area (Å²) < 4.78 is 4.87. The molecule has 1 heterocycles. The SMILES string of the molecule is COCCNC(=O)CCNc1nc2ccccc2nc1C. The first kappa shape index (κ1) is 15.2. The predicted molar refractivity (Wildman–Crippen MR) is 82.3 cm³/mol. The second-order valence-electron chi connectivity index (χ2n) is 4.67. The second kappa shape index (κ2) is 7.54. The van der Waals surface area contributed by atoms with Crippen molar-refractivity contribution in [1.29, 1.82) is 0 Å². The van der Waals surface area contributed by atoms with E-state index >= 15 is 0 Å². The fourth-order valence-corrected chi connectivity index (χ4v) is 1.93. The topological polar surface area (TPSA) is 76.1 Å². The number of nitrogens with one attached hydrogen (secondary N) is 2. The number of methoxy groups -OCH3 is 1. The Morgan fingerprint density at radius 2 is 1.90 bits per heavy atom. The van der Waals surface area contributed by atoms with Crippen molar-refractivity contribution in [3.05, 3.63) is 30.0 Å². The first-order chi connectivity index (χ1) is 10.2. The molecule has 112 valence electrons. The number of amides is 1. The molecule has 21 heavy (non-hydrogen) atoms. The Bertz CT molecular complexity index is 616. The van der Waals surface area contributed by atoms with Crippen LogP contribution in [0.4, 0.5) is 5.82 Å². The molecule has 6 heteroatoms. The van der Waals surface area contributed by atoms with Crippen LogP contribution in [0.1, 0.15) is 12.1 Å². The maximum Gasteiger partial charge on any atom is 0.221 e. The molecule has 0 saturated carbocycles. The molecule has 0 aliphatic rings. The molecule has 1 amide bonds. The Balaban J connectivity index is 1.88. The number of hydrogen-bond donors (Lipinski definition) is 2. The summed E-state index contributed by atoms with van der Waals surface area (Å²) in [5, 5.41) is 5.93. The van der Waals surface area contributed by atoms with Gasteiger partial charge in [0.15, 0.2) is 0 Å². The van der Waals surface area contributed by atoms with Gasteiger partial charge in [-0.1, -0.05) is 12.1 Å². The van der Waals surface area contributed by atoms with E-state index in [0.29, 0.717) is 26.1 Å². The van der Waals surface area contributed by atoms with Crippen LogP contribution in [-0.4, -0.2) is 42.7 Å². The zero-order valence-corrected chi connectivity index (χ0v) is 12.3. The van der Waals surface area contributed by atoms with E-state index in [1.807, 2.05) is 31.2 Å². The van der Waals surface area contributed by atoms with E-state index in [2.05, 4.69) is 20.6 Å². The summed E-state index contributed by atoms with van der Waals surface area (Å²) >= 11 is 0. The minimum atomic E-state index is -0.00838. The summed E-state index contributed by atoms with van der Waals surface area (Å²) in [6.07, 6.45) is 0.387. The molecule has 1 aromatic heterocycles. The molecule has 2 aromatic rings. The molecule has 0 bridgehead atoms. The largest absolute Gasteiger partial charge is 0.383 e. The fraction of sp³-hybridized carbons (Fsp3) is 0.400. The molecule has 0 unspecified atom stereocenters. The lowest BCUT2D eigenvalue weighted by atomic mass is 10.3. The number of nitrogens with zero attached hydrogens (tertiary/aromatic N) is 2. The number of rotatable bonds is 7. The van der Waals surface area contributed by atoms with E-state index < -0.39 is 0 Å². The van der Waals surface area contributed by atoms with Crippen molar-refractivity contribution < 1.29 is 9.53 Å². The summed E-state index contributed by atoms with van der Waals surface area (Å²) in [4.78, 5) is 20.6. The quantitative estimate of drug-likeness (QED) is 0.755. The maximum atomic E-state index is 11.6. The van der Waals surface area contributed by atoms with E-state index in [1.165, 1.54) is 0 Å². The molecule has 0 saturated heterocycles. The van der Waals surface area contributed by atoms with Gasteiger partial charge in [0, 0.05) is 26.6 Å². The average Bonchev–Trinajstić information content (AvgIpc) is 2.48. The summed E-state index contributed by atoms with van der Waals surface area (Å²) in [5.41, 5.74) is 2.54. The van der Waals surface area contributed by atoms with Gasteiger partial charge < -0.3 is 15.4 Å². The van der Waals surface area contributed by atoms with Crippen LogP contribution in [0.3, 0.4) is 0 Å². The molecular weight excluding hydrogens is 268 g/mol. The molecule has 0 aliphatic carbocycles. The van der Waals surface area contributed by atoms with Gasteiger partial charge >= 0.3 is 0 Å². The first-order valence-corrected chi connectivity index (χ1v) is 6.93. The number of aryl methyl sites for hydroxylation is 1. The van der Waals surface area contributed by atoms with Gasteiger partial charge in [0.2, 0.25) is 5.91 Å². The van der Waals surface area contributed by atoms with Gasteiger partial charge in [-0.3, -0.25) is 4.79 Å². The van der Waals surface area contributed by atoms with Crippen LogP contribution in [0.15, 0.2) is 24.3 Å². The zero-order valence-electron chi connectivity index (χ0n) is 12.3. The molecule has 0 fully saturated rings. The van der Waals surface area contributed by atoms with Crippen LogP contribution in [0, 0.1) is 6.92 Å². The first-order valence-electron chi connectivity index (χ1n) is 6.93. The van der Waals surface area contributed by atoms with Crippen LogP contribution in [-0.2, 0) is 9.53 Å². The maximum absolute atomic E-state index is 11.6. The van der Waals surface area contributed by atoms with Crippen LogP contribution in [0.25, 0.3) is 11.0 Å². The highest BCUT2D eigenvalue weighted by Crippen LogP contribution is 2.15. The van der Waals surface area contributed by atoms with Gasteiger partial charge in [-0.2, -0.15) is 0 Å². The monoisotopic (exact) mass is 288 g/mol. The minimum Gasteiger partial charge on any atom is -0.383 e. The van der Waals surface area contributed by atoms with Crippen LogP contribution in [0.2, 0.25) is 0 Å². The number of para-hydroxylation sites is 2. The van der Waals surface area contributed by atoms with Crippen LogP contribution in [0.5, 0.6) is 0 Å². The van der Waals surface area contributed by atoms with Gasteiger partial charge in [0.25, 0.3) is 0 Å². The second-order valence-corrected chi connectivity index (χ2v) is 4.67. The number of anilines is 1. The number of ether oxygens (including phenoxy) is 1. The molecule has 0 aliphatic heterocycles. The smallest absolute Gasteiger partial charge is 0.221 e. The summed E-state index contributed by atoms with van der Waals surface area (Å²) in [6, 6.07) is 7.72. The Labute approximate surface area is 123 Å². The lowest BCUT2D eigenvalue weighted by Gasteiger charge is -2.09. The Kier molecular flexibility index (Phi) is 5.45. The summed E-state index contributed by atoms with van der Waals surface area (Å²) in [6.45, 7) is 3.48. The Morgan fingerprint density at radius 3 is 2.62 bits per heavy atom. The van der Waals surface area contributed by atoms with Crippen molar-refractivity contribution in [3.8, 4) is 0 Å². The Hall–Kier alpha value is -2.21. The summed E-state index contributed by atoms with van der Waals surface area (Å²) in [7, 11) is 1.61. The van der Waals surface area contributed by atoms with Crippen LogP contribution < -0.4 is 10.6 Å². The lowest BCUT2D eigenvalue weighted by Crippen LogP contribution is -2.28. The molecule has 2 rings (SSSR count). The van der Waals surface area contributed by atoms with Crippen molar-refractivity contribution in [3.63, 3.8) is 0 Å². The van der Waals surface area contributed by atoms with Crippen molar-refractivity contribution in [2.24, 2.45) is 0 Å². The van der Waals surface area contributed by atoms with Crippen LogP contribution >= 0.6 is 0 Å². The number of aromatic nitrogens is 2. The van der Waals surface area contributed by atoms with Gasteiger partial charge in [0.05, 0.1) is 23.3 Å². The molecule has 2 N–H and O–H groups in total. The van der Waals surface area contributed by atoms with Crippen molar-refractivity contribution in [1.82, 2.24) is 15.3 Å². The van der Waals surface area contributed by atoms with E-state index in [4.69, 9.17) is 4.74 Å². The van der Waals surface area contributed by atoms with E-state index in [-0.39, 0.29) is 5.91 Å².